The van der Waals surface area contributed by atoms with E-state index in [1.807, 2.05) is 5.32 Å². The van der Waals surface area contributed by atoms with Crippen LogP contribution >= 0.6 is 0 Å². The van der Waals surface area contributed by atoms with Gasteiger partial charge in [-0.2, -0.15) is 13.2 Å². The molecule has 1 aliphatic rings. The number of anilines is 1. The highest BCUT2D eigenvalue weighted by molar-refractivity contribution is 5.95. The monoisotopic (exact) mass is 374 g/mol. The molecule has 0 saturated carbocycles. The van der Waals surface area contributed by atoms with Crippen molar-refractivity contribution in [2.45, 2.75) is 52.1 Å². The van der Waals surface area contributed by atoms with Gasteiger partial charge in [-0.3, -0.25) is 4.79 Å². The molecule has 0 atom stereocenters. The summed E-state index contributed by atoms with van der Waals surface area (Å²) in [5.74, 6) is -2.06. The van der Waals surface area contributed by atoms with Crippen LogP contribution in [-0.4, -0.2) is 40.3 Å². The number of carbonyl (C=O) groups excluding carboxylic acids is 2. The summed E-state index contributed by atoms with van der Waals surface area (Å²) in [5, 5.41) is 11.4. The number of rotatable bonds is 2. The number of aliphatic hydroxyl groups excluding tert-OH is 1. The van der Waals surface area contributed by atoms with Crippen molar-refractivity contribution in [3.63, 3.8) is 0 Å². The second-order valence-electron chi connectivity index (χ2n) is 6.99. The highest BCUT2D eigenvalue weighted by Gasteiger charge is 2.39. The van der Waals surface area contributed by atoms with Gasteiger partial charge in [0.15, 0.2) is 0 Å². The fourth-order valence-corrected chi connectivity index (χ4v) is 2.68. The molecule has 0 aromatic heterocycles. The topological polar surface area (TPSA) is 78.9 Å². The van der Waals surface area contributed by atoms with Gasteiger partial charge in [0, 0.05) is 18.8 Å². The molecule has 0 bridgehead atoms. The molecular weight excluding hydrogens is 353 g/mol. The average molecular weight is 374 g/mol. The summed E-state index contributed by atoms with van der Waals surface area (Å²) in [5.41, 5.74) is 0.833. The number of alkyl halides is 3. The van der Waals surface area contributed by atoms with Crippen molar-refractivity contribution in [3.05, 3.63) is 28.8 Å². The predicted molar refractivity (Wildman–Crippen MR) is 87.4 cm³/mol. The standard InChI is InChI=1S/C17H21F3N2O4/c1-16(2,3)26-15(25)22-7-6-11-12(8-22)10(9-23)4-5-13(11)21-14(24)17(18,19)20/h4-5,23H,6-9H2,1-3H3,(H,21,24). The van der Waals surface area contributed by atoms with Gasteiger partial charge in [-0.15, -0.1) is 0 Å². The van der Waals surface area contributed by atoms with Crippen LogP contribution in [0.3, 0.4) is 0 Å². The second-order valence-corrected chi connectivity index (χ2v) is 6.99. The summed E-state index contributed by atoms with van der Waals surface area (Å²) in [6, 6.07) is 2.76. The van der Waals surface area contributed by atoms with E-state index in [1.165, 1.54) is 17.0 Å². The predicted octanol–water partition coefficient (Wildman–Crippen LogP) is 2.97. The third-order valence-electron chi connectivity index (χ3n) is 3.84. The third kappa shape index (κ3) is 4.66. The van der Waals surface area contributed by atoms with Crippen LogP contribution in [0.5, 0.6) is 0 Å². The molecule has 0 aliphatic carbocycles. The number of ether oxygens (including phenoxy) is 1. The summed E-state index contributed by atoms with van der Waals surface area (Å²) in [6.45, 7) is 5.16. The molecule has 144 valence electrons. The molecule has 2 N–H and O–H groups in total. The maximum atomic E-state index is 12.5. The van der Waals surface area contributed by atoms with Crippen LogP contribution in [0.1, 0.15) is 37.5 Å². The summed E-state index contributed by atoms with van der Waals surface area (Å²) in [6.07, 6.45) is -5.31. The number of fused-ring (bicyclic) bond motifs is 1. The highest BCUT2D eigenvalue weighted by atomic mass is 19.4. The minimum Gasteiger partial charge on any atom is -0.444 e. The van der Waals surface area contributed by atoms with Crippen molar-refractivity contribution in [1.82, 2.24) is 4.90 Å². The maximum Gasteiger partial charge on any atom is 0.471 e. The molecule has 1 heterocycles. The zero-order valence-corrected chi connectivity index (χ0v) is 14.7. The normalized spacial score (nSPS) is 14.7. The van der Waals surface area contributed by atoms with Gasteiger partial charge in [-0.1, -0.05) is 6.07 Å². The summed E-state index contributed by atoms with van der Waals surface area (Å²) < 4.78 is 42.9. The van der Waals surface area contributed by atoms with Gasteiger partial charge in [-0.05, 0) is 49.9 Å². The van der Waals surface area contributed by atoms with E-state index in [0.29, 0.717) is 16.7 Å². The van der Waals surface area contributed by atoms with E-state index in [1.54, 1.807) is 20.8 Å². The van der Waals surface area contributed by atoms with Crippen LogP contribution in [0.15, 0.2) is 12.1 Å². The van der Waals surface area contributed by atoms with E-state index in [4.69, 9.17) is 4.74 Å². The summed E-state index contributed by atoms with van der Waals surface area (Å²) in [4.78, 5) is 24.9. The lowest BCUT2D eigenvalue weighted by Gasteiger charge is -2.33. The first kappa shape index (κ1) is 20.0. The molecule has 26 heavy (non-hydrogen) atoms. The zero-order valence-electron chi connectivity index (χ0n) is 14.7. The Balaban J connectivity index is 2.29. The van der Waals surface area contributed by atoms with Crippen LogP contribution < -0.4 is 5.32 Å². The largest absolute Gasteiger partial charge is 0.471 e. The number of benzene rings is 1. The molecule has 2 amide bonds. The minimum atomic E-state index is -5.00. The van der Waals surface area contributed by atoms with E-state index in [-0.39, 0.29) is 31.8 Å². The van der Waals surface area contributed by atoms with E-state index >= 15 is 0 Å². The Morgan fingerprint density at radius 1 is 1.23 bits per heavy atom. The van der Waals surface area contributed by atoms with Gasteiger partial charge < -0.3 is 20.1 Å². The number of amides is 2. The molecule has 0 fully saturated rings. The Labute approximate surface area is 148 Å². The lowest BCUT2D eigenvalue weighted by molar-refractivity contribution is -0.167. The third-order valence-corrected chi connectivity index (χ3v) is 3.84. The lowest BCUT2D eigenvalue weighted by Crippen LogP contribution is -2.40. The van der Waals surface area contributed by atoms with Crippen LogP contribution in [0, 0.1) is 0 Å². The van der Waals surface area contributed by atoms with E-state index in [0.717, 1.165) is 0 Å². The Morgan fingerprint density at radius 2 is 1.88 bits per heavy atom. The first-order valence-corrected chi connectivity index (χ1v) is 8.03. The maximum absolute atomic E-state index is 12.5. The van der Waals surface area contributed by atoms with Crippen molar-refractivity contribution in [2.24, 2.45) is 0 Å². The summed E-state index contributed by atoms with van der Waals surface area (Å²) in [7, 11) is 0. The van der Waals surface area contributed by atoms with Crippen molar-refractivity contribution in [1.29, 1.82) is 0 Å². The van der Waals surface area contributed by atoms with Gasteiger partial charge in [0.05, 0.1) is 6.61 Å². The first-order valence-electron chi connectivity index (χ1n) is 8.03. The molecule has 0 unspecified atom stereocenters. The Bertz CT molecular complexity index is 711. The molecule has 6 nitrogen and oxygen atoms in total. The smallest absolute Gasteiger partial charge is 0.444 e. The fraction of sp³-hybridized carbons (Fsp3) is 0.529. The van der Waals surface area contributed by atoms with Gasteiger partial charge in [0.2, 0.25) is 0 Å². The van der Waals surface area contributed by atoms with Crippen LogP contribution in [0.4, 0.5) is 23.7 Å². The van der Waals surface area contributed by atoms with Gasteiger partial charge in [0.25, 0.3) is 0 Å². The van der Waals surface area contributed by atoms with Crippen molar-refractivity contribution >= 4 is 17.7 Å². The molecule has 0 saturated heterocycles. The molecule has 1 aromatic rings. The van der Waals surface area contributed by atoms with Crippen LogP contribution in [-0.2, 0) is 29.1 Å². The Kier molecular flexibility index (Phi) is 5.50. The number of hydrogen-bond acceptors (Lipinski definition) is 4. The van der Waals surface area contributed by atoms with E-state index in [2.05, 4.69) is 0 Å². The minimum absolute atomic E-state index is 0.0309. The van der Waals surface area contributed by atoms with E-state index in [9.17, 15) is 27.9 Å². The average Bonchev–Trinajstić information content (AvgIpc) is 2.52. The fourth-order valence-electron chi connectivity index (χ4n) is 2.68. The van der Waals surface area contributed by atoms with Gasteiger partial charge in [0.1, 0.15) is 5.60 Å². The second kappa shape index (κ2) is 7.14. The highest BCUT2D eigenvalue weighted by Crippen LogP contribution is 2.31. The number of nitrogens with one attached hydrogen (secondary N) is 1. The molecule has 1 aromatic carbocycles. The molecule has 0 spiro atoms. The quantitative estimate of drug-likeness (QED) is 0.834. The summed E-state index contributed by atoms with van der Waals surface area (Å²) >= 11 is 0. The number of nitrogens with zero attached hydrogens (tertiary/aromatic N) is 1. The molecular formula is C17H21F3N2O4. The molecule has 9 heteroatoms. The van der Waals surface area contributed by atoms with Crippen molar-refractivity contribution < 1.29 is 32.6 Å². The number of aliphatic hydroxyl groups is 1. The van der Waals surface area contributed by atoms with Crippen molar-refractivity contribution in [3.8, 4) is 0 Å². The number of carbonyl (C=O) groups is 2. The SMILES string of the molecule is CC(C)(C)OC(=O)N1CCc2c(NC(=O)C(F)(F)F)ccc(CO)c2C1. The van der Waals surface area contributed by atoms with Crippen molar-refractivity contribution in [2.75, 3.05) is 11.9 Å². The number of hydrogen-bond donors (Lipinski definition) is 2. The van der Waals surface area contributed by atoms with Gasteiger partial charge in [-0.25, -0.2) is 4.79 Å². The first-order chi connectivity index (χ1) is 11.9. The Hall–Kier alpha value is -2.29. The van der Waals surface area contributed by atoms with Crippen LogP contribution in [0.2, 0.25) is 0 Å². The van der Waals surface area contributed by atoms with Crippen LogP contribution in [0.25, 0.3) is 0 Å². The van der Waals surface area contributed by atoms with Gasteiger partial charge >= 0.3 is 18.2 Å². The molecule has 0 radical (unpaired) electrons. The molecule has 2 rings (SSSR count). The Morgan fingerprint density at radius 3 is 2.42 bits per heavy atom. The lowest BCUT2D eigenvalue weighted by atomic mass is 9.93. The number of halogens is 3. The zero-order chi connectivity index (χ0) is 19.7. The molecule has 1 aliphatic heterocycles. The van der Waals surface area contributed by atoms with E-state index < -0.39 is 23.8 Å².